The van der Waals surface area contributed by atoms with Crippen LogP contribution in [-0.4, -0.2) is 78.9 Å². The SMILES string of the molecule is CCNC(=O)CN(CC)CC(=O)N1CCN(Cc2c(F)cccc2Cl)CC1. The van der Waals surface area contributed by atoms with Crippen molar-refractivity contribution < 1.29 is 14.0 Å². The number of carbonyl (C=O) groups excluding carboxylic acids is 2. The summed E-state index contributed by atoms with van der Waals surface area (Å²) >= 11 is 6.10. The van der Waals surface area contributed by atoms with Gasteiger partial charge in [-0.2, -0.15) is 0 Å². The van der Waals surface area contributed by atoms with Gasteiger partial charge in [-0.25, -0.2) is 4.39 Å². The second-order valence-corrected chi connectivity index (χ2v) is 7.02. The first-order chi connectivity index (χ1) is 12.9. The van der Waals surface area contributed by atoms with Crippen LogP contribution in [0.25, 0.3) is 0 Å². The van der Waals surface area contributed by atoms with E-state index in [0.29, 0.717) is 56.4 Å². The summed E-state index contributed by atoms with van der Waals surface area (Å²) in [5.74, 6) is -0.353. The van der Waals surface area contributed by atoms with Gasteiger partial charge in [0, 0.05) is 49.9 Å². The monoisotopic (exact) mass is 398 g/mol. The molecule has 0 spiro atoms. The third-order valence-corrected chi connectivity index (χ3v) is 5.07. The summed E-state index contributed by atoms with van der Waals surface area (Å²) in [7, 11) is 0. The molecule has 1 aliphatic heterocycles. The number of benzene rings is 1. The number of rotatable bonds is 8. The Morgan fingerprint density at radius 3 is 2.48 bits per heavy atom. The first-order valence-corrected chi connectivity index (χ1v) is 9.74. The van der Waals surface area contributed by atoms with Gasteiger partial charge in [-0.1, -0.05) is 24.6 Å². The second kappa shape index (κ2) is 10.6. The Hall–Kier alpha value is -1.70. The number of amides is 2. The molecule has 0 unspecified atom stereocenters. The molecule has 150 valence electrons. The van der Waals surface area contributed by atoms with Crippen LogP contribution < -0.4 is 5.32 Å². The number of nitrogens with zero attached hydrogens (tertiary/aromatic N) is 3. The van der Waals surface area contributed by atoms with Crippen LogP contribution in [-0.2, 0) is 16.1 Å². The maximum Gasteiger partial charge on any atom is 0.236 e. The average Bonchev–Trinajstić information content (AvgIpc) is 2.65. The summed E-state index contributed by atoms with van der Waals surface area (Å²) in [5.41, 5.74) is 0.498. The molecule has 1 aromatic carbocycles. The number of nitrogens with one attached hydrogen (secondary N) is 1. The van der Waals surface area contributed by atoms with Crippen molar-refractivity contribution in [1.29, 1.82) is 0 Å². The van der Waals surface area contributed by atoms with Gasteiger partial charge >= 0.3 is 0 Å². The van der Waals surface area contributed by atoms with Crippen molar-refractivity contribution >= 4 is 23.4 Å². The Kier molecular flexibility index (Phi) is 8.47. The van der Waals surface area contributed by atoms with Crippen LogP contribution in [0.1, 0.15) is 19.4 Å². The smallest absolute Gasteiger partial charge is 0.236 e. The lowest BCUT2D eigenvalue weighted by Gasteiger charge is -2.35. The highest BCUT2D eigenvalue weighted by molar-refractivity contribution is 6.31. The van der Waals surface area contributed by atoms with Crippen LogP contribution in [0.5, 0.6) is 0 Å². The molecule has 1 aromatic rings. The molecule has 6 nitrogen and oxygen atoms in total. The Morgan fingerprint density at radius 2 is 1.89 bits per heavy atom. The topological polar surface area (TPSA) is 55.9 Å². The molecule has 1 fully saturated rings. The van der Waals surface area contributed by atoms with Gasteiger partial charge in [0.25, 0.3) is 0 Å². The lowest BCUT2D eigenvalue weighted by Crippen LogP contribution is -2.51. The number of piperazine rings is 1. The molecule has 1 heterocycles. The number of hydrogen-bond acceptors (Lipinski definition) is 4. The average molecular weight is 399 g/mol. The van der Waals surface area contributed by atoms with E-state index >= 15 is 0 Å². The van der Waals surface area contributed by atoms with Crippen LogP contribution >= 0.6 is 11.6 Å². The molecule has 0 saturated carbocycles. The van der Waals surface area contributed by atoms with E-state index in [1.165, 1.54) is 6.07 Å². The normalized spacial score (nSPS) is 15.2. The van der Waals surface area contributed by atoms with E-state index in [-0.39, 0.29) is 30.7 Å². The summed E-state index contributed by atoms with van der Waals surface area (Å²) in [6.07, 6.45) is 0. The van der Waals surface area contributed by atoms with Gasteiger partial charge in [-0.05, 0) is 25.6 Å². The molecule has 2 amide bonds. The first-order valence-electron chi connectivity index (χ1n) is 9.36. The summed E-state index contributed by atoms with van der Waals surface area (Å²) in [5, 5.41) is 3.18. The van der Waals surface area contributed by atoms with Gasteiger partial charge in [0.05, 0.1) is 13.1 Å². The number of carbonyl (C=O) groups is 2. The van der Waals surface area contributed by atoms with E-state index in [1.807, 2.05) is 18.7 Å². The van der Waals surface area contributed by atoms with Gasteiger partial charge < -0.3 is 10.2 Å². The van der Waals surface area contributed by atoms with Crippen molar-refractivity contribution in [1.82, 2.24) is 20.0 Å². The molecular formula is C19H28ClFN4O2. The predicted molar refractivity (Wildman–Crippen MR) is 104 cm³/mol. The number of likely N-dealkylation sites (N-methyl/N-ethyl adjacent to an activating group) is 2. The highest BCUT2D eigenvalue weighted by Crippen LogP contribution is 2.21. The maximum atomic E-state index is 13.9. The molecule has 1 N–H and O–H groups in total. The molecule has 1 aliphatic rings. The lowest BCUT2D eigenvalue weighted by molar-refractivity contribution is -0.134. The first kappa shape index (κ1) is 21.6. The van der Waals surface area contributed by atoms with Gasteiger partial charge in [0.15, 0.2) is 0 Å². The Labute approximate surface area is 165 Å². The van der Waals surface area contributed by atoms with Crippen LogP contribution in [0.4, 0.5) is 4.39 Å². The Morgan fingerprint density at radius 1 is 1.19 bits per heavy atom. The van der Waals surface area contributed by atoms with E-state index in [9.17, 15) is 14.0 Å². The van der Waals surface area contributed by atoms with Gasteiger partial charge in [-0.3, -0.25) is 19.4 Å². The van der Waals surface area contributed by atoms with Crippen molar-refractivity contribution in [2.45, 2.75) is 20.4 Å². The van der Waals surface area contributed by atoms with E-state index in [4.69, 9.17) is 11.6 Å². The molecule has 1 saturated heterocycles. The third-order valence-electron chi connectivity index (χ3n) is 4.72. The molecule has 27 heavy (non-hydrogen) atoms. The van der Waals surface area contributed by atoms with E-state index < -0.39 is 0 Å². The molecule has 0 radical (unpaired) electrons. The second-order valence-electron chi connectivity index (χ2n) is 6.61. The molecule has 0 atom stereocenters. The molecule has 0 aliphatic carbocycles. The molecule has 0 aromatic heterocycles. The minimum Gasteiger partial charge on any atom is -0.355 e. The minimum atomic E-state index is -0.301. The van der Waals surface area contributed by atoms with E-state index in [2.05, 4.69) is 10.2 Å². The number of halogens is 2. The fraction of sp³-hybridized carbons (Fsp3) is 0.579. The zero-order chi connectivity index (χ0) is 19.8. The van der Waals surface area contributed by atoms with Gasteiger partial charge in [0.2, 0.25) is 11.8 Å². The van der Waals surface area contributed by atoms with Crippen molar-refractivity contribution in [2.24, 2.45) is 0 Å². The zero-order valence-electron chi connectivity index (χ0n) is 16.0. The van der Waals surface area contributed by atoms with Gasteiger partial charge in [0.1, 0.15) is 5.82 Å². The third kappa shape index (κ3) is 6.45. The van der Waals surface area contributed by atoms with E-state index in [1.54, 1.807) is 17.0 Å². The Bertz CT molecular complexity index is 630. The molecular weight excluding hydrogens is 371 g/mol. The largest absolute Gasteiger partial charge is 0.355 e. The standard InChI is InChI=1S/C19H28ClFN4O2/c1-3-22-18(26)13-23(4-2)14-19(27)25-10-8-24(9-11-25)12-15-16(20)6-5-7-17(15)21/h5-7H,3-4,8-14H2,1-2H3,(H,22,26). The molecule has 0 bridgehead atoms. The van der Waals surface area contributed by atoms with Crippen LogP contribution in [0.15, 0.2) is 18.2 Å². The predicted octanol–water partition coefficient (Wildman–Crippen LogP) is 1.58. The van der Waals surface area contributed by atoms with Crippen LogP contribution in [0.3, 0.4) is 0 Å². The van der Waals surface area contributed by atoms with E-state index in [0.717, 1.165) is 0 Å². The zero-order valence-corrected chi connectivity index (χ0v) is 16.8. The molecule has 8 heteroatoms. The highest BCUT2D eigenvalue weighted by Gasteiger charge is 2.24. The number of hydrogen-bond donors (Lipinski definition) is 1. The quantitative estimate of drug-likeness (QED) is 0.722. The highest BCUT2D eigenvalue weighted by atomic mass is 35.5. The lowest BCUT2D eigenvalue weighted by atomic mass is 10.2. The van der Waals surface area contributed by atoms with Crippen molar-refractivity contribution in [3.05, 3.63) is 34.6 Å². The fourth-order valence-electron chi connectivity index (χ4n) is 3.09. The summed E-state index contributed by atoms with van der Waals surface area (Å²) < 4.78 is 13.9. The summed E-state index contributed by atoms with van der Waals surface area (Å²) in [4.78, 5) is 30.0. The molecule has 2 rings (SSSR count). The van der Waals surface area contributed by atoms with Crippen molar-refractivity contribution in [3.63, 3.8) is 0 Å². The minimum absolute atomic E-state index is 0.0183. The maximum absolute atomic E-state index is 13.9. The van der Waals surface area contributed by atoms with Gasteiger partial charge in [-0.15, -0.1) is 0 Å². The van der Waals surface area contributed by atoms with Crippen LogP contribution in [0, 0.1) is 5.82 Å². The summed E-state index contributed by atoms with van der Waals surface area (Å²) in [6, 6.07) is 4.70. The van der Waals surface area contributed by atoms with Crippen LogP contribution in [0.2, 0.25) is 5.02 Å². The fourth-order valence-corrected chi connectivity index (χ4v) is 3.31. The Balaban J connectivity index is 1.82. The van der Waals surface area contributed by atoms with Crippen molar-refractivity contribution in [2.75, 3.05) is 52.4 Å². The summed E-state index contributed by atoms with van der Waals surface area (Å²) in [6.45, 7) is 8.41. The van der Waals surface area contributed by atoms with Crippen molar-refractivity contribution in [3.8, 4) is 0 Å².